The van der Waals surface area contributed by atoms with E-state index in [-0.39, 0.29) is 12.8 Å². The Morgan fingerprint density at radius 3 is 2.69 bits per heavy atom. The Hall–Kier alpha value is -4.70. The standard InChI is InChI=1S/C32H31N3O7/c1-33(2)21-11-12-23-27(17-21)41-26-8-4-3-6-22(26)30(23)24-16-19(9-10-20(24)18-36)31(39)34-15-5-7-25(34)32(40)42-35-28(37)13-14-29(35)38/h3,6,8-12,16-18,25,28,37H,4-5,7,13-15H2,1-2H3. The Balaban J connectivity index is 1.37. The lowest BCUT2D eigenvalue weighted by molar-refractivity contribution is -0.223. The minimum Gasteiger partial charge on any atom is -0.456 e. The summed E-state index contributed by atoms with van der Waals surface area (Å²) in [4.78, 5) is 59.8. The second-order valence-electron chi connectivity index (χ2n) is 10.9. The number of hydrogen-bond donors (Lipinski definition) is 1. The Morgan fingerprint density at radius 1 is 1.12 bits per heavy atom. The quantitative estimate of drug-likeness (QED) is 0.525. The molecule has 0 spiro atoms. The maximum absolute atomic E-state index is 13.8. The van der Waals surface area contributed by atoms with Crippen LogP contribution >= 0.6 is 0 Å². The zero-order chi connectivity index (χ0) is 29.5. The van der Waals surface area contributed by atoms with E-state index in [1.54, 1.807) is 18.2 Å². The third-order valence-corrected chi connectivity index (χ3v) is 8.03. The summed E-state index contributed by atoms with van der Waals surface area (Å²) in [6.07, 6.45) is 7.47. The van der Waals surface area contributed by atoms with Crippen LogP contribution < -0.4 is 9.64 Å². The van der Waals surface area contributed by atoms with Gasteiger partial charge in [-0.2, -0.15) is 0 Å². The lowest BCUT2D eigenvalue weighted by Gasteiger charge is -2.29. The molecule has 4 aliphatic rings. The van der Waals surface area contributed by atoms with Crippen molar-refractivity contribution in [3.05, 3.63) is 88.2 Å². The second-order valence-corrected chi connectivity index (χ2v) is 10.9. The Labute approximate surface area is 243 Å². The molecule has 6 rings (SSSR count). The number of aliphatic hydroxyl groups is 1. The molecule has 0 bridgehead atoms. The van der Waals surface area contributed by atoms with Gasteiger partial charge in [0.15, 0.2) is 12.5 Å². The monoisotopic (exact) mass is 569 g/mol. The average molecular weight is 570 g/mol. The maximum Gasteiger partial charge on any atom is 0.354 e. The molecule has 2 fully saturated rings. The van der Waals surface area contributed by atoms with Crippen molar-refractivity contribution < 1.29 is 33.9 Å². The van der Waals surface area contributed by atoms with Gasteiger partial charge in [-0.1, -0.05) is 18.2 Å². The van der Waals surface area contributed by atoms with Crippen molar-refractivity contribution >= 4 is 35.3 Å². The number of nitrogens with zero attached hydrogens (tertiary/aromatic N) is 3. The van der Waals surface area contributed by atoms with E-state index in [9.17, 15) is 24.3 Å². The van der Waals surface area contributed by atoms with Gasteiger partial charge in [0, 0.05) is 73.1 Å². The van der Waals surface area contributed by atoms with Gasteiger partial charge in [0.05, 0.1) is 0 Å². The number of rotatable bonds is 6. The van der Waals surface area contributed by atoms with Crippen LogP contribution in [0.1, 0.15) is 63.9 Å². The van der Waals surface area contributed by atoms with Gasteiger partial charge in [-0.05, 0) is 55.2 Å². The first-order chi connectivity index (χ1) is 20.3. The van der Waals surface area contributed by atoms with Crippen LogP contribution in [0.3, 0.4) is 0 Å². The SMILES string of the molecule is CN(C)c1ccc2c(c1)OC1=CCC=CC1=C2c1cc(C(=O)N2CCCC2C(=O)ON2C(=O)CCC2O)ccc1C=O. The van der Waals surface area contributed by atoms with Crippen molar-refractivity contribution in [3.8, 4) is 5.75 Å². The number of likely N-dealkylation sites (tertiary alicyclic amines) is 1. The molecule has 42 heavy (non-hydrogen) atoms. The molecule has 2 unspecified atom stereocenters. The van der Waals surface area contributed by atoms with Crippen LogP contribution in [0.15, 0.2) is 66.0 Å². The van der Waals surface area contributed by atoms with Crippen LogP contribution in [0.25, 0.3) is 5.57 Å². The lowest BCUT2D eigenvalue weighted by atomic mass is 9.85. The van der Waals surface area contributed by atoms with Crippen molar-refractivity contribution in [1.29, 1.82) is 0 Å². The summed E-state index contributed by atoms with van der Waals surface area (Å²) >= 11 is 0. The molecule has 3 aliphatic heterocycles. The first kappa shape index (κ1) is 27.5. The lowest BCUT2D eigenvalue weighted by Crippen LogP contribution is -2.45. The molecule has 1 aliphatic carbocycles. The number of amides is 2. The highest BCUT2D eigenvalue weighted by Crippen LogP contribution is 2.45. The molecule has 216 valence electrons. The molecule has 0 radical (unpaired) electrons. The number of aliphatic hydroxyl groups excluding tert-OH is 1. The fraction of sp³-hybridized carbons (Fsp3) is 0.312. The zero-order valence-electron chi connectivity index (χ0n) is 23.4. The van der Waals surface area contributed by atoms with E-state index in [1.165, 1.54) is 4.90 Å². The number of anilines is 1. The largest absolute Gasteiger partial charge is 0.456 e. The second kappa shape index (κ2) is 10.9. The third-order valence-electron chi connectivity index (χ3n) is 8.03. The number of ether oxygens (including phenoxy) is 1. The number of hydroxylamine groups is 2. The molecule has 2 amide bonds. The minimum atomic E-state index is -1.19. The van der Waals surface area contributed by atoms with Gasteiger partial charge >= 0.3 is 5.97 Å². The summed E-state index contributed by atoms with van der Waals surface area (Å²) in [6, 6.07) is 9.86. The molecule has 2 saturated heterocycles. The van der Waals surface area contributed by atoms with Crippen molar-refractivity contribution in [1.82, 2.24) is 9.96 Å². The average Bonchev–Trinajstić information content (AvgIpc) is 3.61. The number of carbonyl (C=O) groups excluding carboxylic acids is 4. The first-order valence-electron chi connectivity index (χ1n) is 14.0. The summed E-state index contributed by atoms with van der Waals surface area (Å²) < 4.78 is 6.29. The van der Waals surface area contributed by atoms with Gasteiger partial charge in [0.1, 0.15) is 17.6 Å². The molecular weight excluding hydrogens is 538 g/mol. The van der Waals surface area contributed by atoms with E-state index in [2.05, 4.69) is 0 Å². The highest BCUT2D eigenvalue weighted by atomic mass is 16.7. The Kier molecular flexibility index (Phi) is 7.16. The van der Waals surface area contributed by atoms with Gasteiger partial charge in [0.25, 0.3) is 11.8 Å². The van der Waals surface area contributed by atoms with E-state index in [4.69, 9.17) is 9.57 Å². The van der Waals surface area contributed by atoms with E-state index < -0.39 is 30.1 Å². The molecule has 0 aromatic heterocycles. The number of aldehydes is 1. The number of carbonyl (C=O) groups is 4. The smallest absolute Gasteiger partial charge is 0.354 e. The molecule has 0 saturated carbocycles. The highest BCUT2D eigenvalue weighted by Gasteiger charge is 2.40. The van der Waals surface area contributed by atoms with E-state index >= 15 is 0 Å². The molecule has 1 N–H and O–H groups in total. The third kappa shape index (κ3) is 4.77. The van der Waals surface area contributed by atoms with Gasteiger partial charge in [-0.15, -0.1) is 5.06 Å². The predicted octanol–water partition coefficient (Wildman–Crippen LogP) is 3.61. The number of hydrogen-bond acceptors (Lipinski definition) is 8. The van der Waals surface area contributed by atoms with Crippen LogP contribution in [0, 0.1) is 0 Å². The van der Waals surface area contributed by atoms with Crippen LogP contribution in [-0.2, 0) is 14.4 Å². The fourth-order valence-corrected chi connectivity index (χ4v) is 5.84. The van der Waals surface area contributed by atoms with Crippen LogP contribution in [0.5, 0.6) is 5.75 Å². The first-order valence-corrected chi connectivity index (χ1v) is 14.0. The fourth-order valence-electron chi connectivity index (χ4n) is 5.84. The van der Waals surface area contributed by atoms with E-state index in [0.717, 1.165) is 28.7 Å². The van der Waals surface area contributed by atoms with Gasteiger partial charge in [-0.3, -0.25) is 14.4 Å². The van der Waals surface area contributed by atoms with Gasteiger partial charge in [-0.25, -0.2) is 4.79 Å². The Morgan fingerprint density at radius 2 is 1.95 bits per heavy atom. The van der Waals surface area contributed by atoms with Crippen molar-refractivity contribution in [3.63, 3.8) is 0 Å². The molecular formula is C32H31N3O7. The molecule has 2 atom stereocenters. The summed E-state index contributed by atoms with van der Waals surface area (Å²) in [5, 5.41) is 10.7. The van der Waals surface area contributed by atoms with E-state index in [1.807, 2.05) is 55.4 Å². The molecule has 2 aromatic rings. The number of benzene rings is 2. The minimum absolute atomic E-state index is 0.0855. The molecule has 2 aromatic carbocycles. The van der Waals surface area contributed by atoms with Crippen LogP contribution in [-0.4, -0.2) is 72.0 Å². The highest BCUT2D eigenvalue weighted by molar-refractivity contribution is 6.02. The van der Waals surface area contributed by atoms with Gasteiger partial charge in [0.2, 0.25) is 0 Å². The summed E-state index contributed by atoms with van der Waals surface area (Å²) in [5.41, 5.74) is 4.64. The van der Waals surface area contributed by atoms with Crippen molar-refractivity contribution in [2.45, 2.75) is 44.4 Å². The zero-order valence-corrected chi connectivity index (χ0v) is 23.4. The number of allylic oxidation sites excluding steroid dienone is 3. The van der Waals surface area contributed by atoms with Crippen LogP contribution in [0.2, 0.25) is 0 Å². The summed E-state index contributed by atoms with van der Waals surface area (Å²) in [7, 11) is 3.89. The predicted molar refractivity (Wildman–Crippen MR) is 153 cm³/mol. The number of fused-ring (bicyclic) bond motifs is 2. The van der Waals surface area contributed by atoms with Crippen LogP contribution in [0.4, 0.5) is 5.69 Å². The maximum atomic E-state index is 13.8. The summed E-state index contributed by atoms with van der Waals surface area (Å²) in [5.74, 6) is -0.296. The molecule has 10 nitrogen and oxygen atoms in total. The Bertz CT molecular complexity index is 1590. The van der Waals surface area contributed by atoms with Crippen molar-refractivity contribution in [2.24, 2.45) is 0 Å². The topological polar surface area (TPSA) is 117 Å². The van der Waals surface area contributed by atoms with E-state index in [0.29, 0.717) is 59.1 Å². The summed E-state index contributed by atoms with van der Waals surface area (Å²) in [6.45, 7) is 0.327. The molecule has 3 heterocycles. The molecule has 10 heteroatoms. The van der Waals surface area contributed by atoms with Crippen molar-refractivity contribution in [2.75, 3.05) is 25.5 Å². The normalized spacial score (nSPS) is 21.0. The van der Waals surface area contributed by atoms with Gasteiger partial charge < -0.3 is 24.5 Å².